The number of carbonyl (C=O) groups is 1. The van der Waals surface area contributed by atoms with Crippen LogP contribution in [0.3, 0.4) is 0 Å². The van der Waals surface area contributed by atoms with Crippen LogP contribution < -0.4 is 10.1 Å². The van der Waals surface area contributed by atoms with Crippen molar-refractivity contribution in [3.8, 4) is 5.75 Å². The minimum Gasteiger partial charge on any atom is -0.486 e. The lowest BCUT2D eigenvalue weighted by molar-refractivity contribution is 0.0600. The molecule has 5 nitrogen and oxygen atoms in total. The van der Waals surface area contributed by atoms with Gasteiger partial charge in [-0.25, -0.2) is 9.18 Å². The molecule has 0 aliphatic heterocycles. The van der Waals surface area contributed by atoms with E-state index >= 15 is 0 Å². The Morgan fingerprint density at radius 1 is 1.40 bits per heavy atom. The molecule has 0 spiro atoms. The Kier molecular flexibility index (Phi) is 6.38. The molecule has 1 atom stereocenters. The van der Waals surface area contributed by atoms with Crippen LogP contribution in [0, 0.1) is 5.82 Å². The lowest BCUT2D eigenvalue weighted by atomic mass is 10.1. The predicted octanol–water partition coefficient (Wildman–Crippen LogP) is 3.76. The third-order valence-electron chi connectivity index (χ3n) is 3.32. The van der Waals surface area contributed by atoms with Crippen LogP contribution in [0.5, 0.6) is 5.75 Å². The minimum absolute atomic E-state index is 0.0122. The number of aliphatic hydroxyl groups excluding tert-OH is 1. The highest BCUT2D eigenvalue weighted by Gasteiger charge is 2.11. The van der Waals surface area contributed by atoms with Crippen molar-refractivity contribution in [1.29, 1.82) is 0 Å². The van der Waals surface area contributed by atoms with Crippen molar-refractivity contribution in [2.24, 2.45) is 0 Å². The van der Waals surface area contributed by atoms with Gasteiger partial charge in [0.2, 0.25) is 0 Å². The lowest BCUT2D eigenvalue weighted by Gasteiger charge is -2.13. The number of aliphatic hydroxyl groups is 1. The zero-order valence-corrected chi connectivity index (χ0v) is 14.2. The highest BCUT2D eigenvalue weighted by atomic mass is 35.5. The van der Waals surface area contributed by atoms with Gasteiger partial charge in [-0.3, -0.25) is 0 Å². The first-order valence-corrected chi connectivity index (χ1v) is 7.68. The van der Waals surface area contributed by atoms with E-state index in [9.17, 15) is 14.3 Å². The average Bonchev–Trinajstić information content (AvgIpc) is 2.61. The van der Waals surface area contributed by atoms with Crippen LogP contribution in [0.25, 0.3) is 0 Å². The molecule has 2 aromatic rings. The molecular formula is C18H17ClFNO4. The van der Waals surface area contributed by atoms with E-state index in [1.54, 1.807) is 12.1 Å². The average molecular weight is 366 g/mol. The summed E-state index contributed by atoms with van der Waals surface area (Å²) in [7, 11) is 1.28. The first kappa shape index (κ1) is 18.8. The molecule has 25 heavy (non-hydrogen) atoms. The molecule has 2 rings (SSSR count). The number of ether oxygens (including phenoxy) is 2. The number of benzene rings is 2. The Labute approximate surface area is 149 Å². The molecule has 0 aromatic heterocycles. The number of esters is 1. The summed E-state index contributed by atoms with van der Waals surface area (Å²) in [5.74, 6) is -1.10. The van der Waals surface area contributed by atoms with Crippen molar-refractivity contribution in [2.75, 3.05) is 12.4 Å². The van der Waals surface area contributed by atoms with Crippen molar-refractivity contribution in [3.63, 3.8) is 0 Å². The molecular weight excluding hydrogens is 349 g/mol. The first-order chi connectivity index (χ1) is 11.9. The molecule has 132 valence electrons. The van der Waals surface area contributed by atoms with Gasteiger partial charge in [0, 0.05) is 22.3 Å². The number of anilines is 1. The number of hydrogen-bond acceptors (Lipinski definition) is 5. The maximum absolute atomic E-state index is 14.1. The molecule has 0 radical (unpaired) electrons. The van der Waals surface area contributed by atoms with Crippen molar-refractivity contribution >= 4 is 23.3 Å². The van der Waals surface area contributed by atoms with E-state index in [0.29, 0.717) is 21.8 Å². The van der Waals surface area contributed by atoms with Gasteiger partial charge in [0.25, 0.3) is 0 Å². The molecule has 2 aromatic carbocycles. The summed E-state index contributed by atoms with van der Waals surface area (Å²) in [6, 6.07) is 8.77. The van der Waals surface area contributed by atoms with Crippen molar-refractivity contribution in [1.82, 2.24) is 0 Å². The molecule has 0 heterocycles. The van der Waals surface area contributed by atoms with Crippen LogP contribution in [0.1, 0.15) is 15.9 Å². The molecule has 0 fully saturated rings. The molecule has 0 saturated carbocycles. The zero-order valence-electron chi connectivity index (χ0n) is 13.5. The van der Waals surface area contributed by atoms with Gasteiger partial charge >= 0.3 is 5.97 Å². The Bertz CT molecular complexity index is 782. The summed E-state index contributed by atoms with van der Waals surface area (Å²) in [4.78, 5) is 11.6. The summed E-state index contributed by atoms with van der Waals surface area (Å²) in [5.41, 5.74) is 1.22. The molecule has 0 bridgehead atoms. The number of carbonyl (C=O) groups excluding carboxylic acids is 1. The van der Waals surface area contributed by atoms with Crippen LogP contribution >= 0.6 is 11.6 Å². The predicted molar refractivity (Wildman–Crippen MR) is 93.4 cm³/mol. The van der Waals surface area contributed by atoms with Gasteiger partial charge in [0.15, 0.2) is 11.6 Å². The molecule has 0 aliphatic carbocycles. The number of nitrogens with one attached hydrogen (secondary N) is 1. The van der Waals surface area contributed by atoms with E-state index in [1.165, 1.54) is 37.5 Å². The van der Waals surface area contributed by atoms with E-state index in [1.807, 2.05) is 0 Å². The highest BCUT2D eigenvalue weighted by Crippen LogP contribution is 2.25. The summed E-state index contributed by atoms with van der Waals surface area (Å²) >= 11 is 6.08. The Balaban J connectivity index is 2.11. The Hall–Kier alpha value is -2.57. The lowest BCUT2D eigenvalue weighted by Crippen LogP contribution is -2.14. The van der Waals surface area contributed by atoms with Gasteiger partial charge in [-0.05, 0) is 36.4 Å². The Morgan fingerprint density at radius 3 is 2.80 bits per heavy atom. The summed E-state index contributed by atoms with van der Waals surface area (Å²) in [6.45, 7) is 3.39. The highest BCUT2D eigenvalue weighted by molar-refractivity contribution is 6.31. The largest absolute Gasteiger partial charge is 0.486 e. The SMILES string of the molecule is C=CC(O)Nc1ccc(OCc2cc(C(=O)OC)ccc2Cl)c(F)c1. The molecule has 1 unspecified atom stereocenters. The van der Waals surface area contributed by atoms with Crippen LogP contribution in [-0.4, -0.2) is 24.4 Å². The van der Waals surface area contributed by atoms with Gasteiger partial charge in [-0.2, -0.15) is 0 Å². The van der Waals surface area contributed by atoms with E-state index in [-0.39, 0.29) is 12.4 Å². The monoisotopic (exact) mass is 365 g/mol. The maximum atomic E-state index is 14.1. The van der Waals surface area contributed by atoms with Crippen molar-refractivity contribution in [2.45, 2.75) is 12.8 Å². The molecule has 2 N–H and O–H groups in total. The van der Waals surface area contributed by atoms with Crippen molar-refractivity contribution < 1.29 is 23.8 Å². The second-order valence-corrected chi connectivity index (χ2v) is 5.46. The molecule has 0 aliphatic rings. The van der Waals surface area contributed by atoms with Crippen LogP contribution in [-0.2, 0) is 11.3 Å². The number of halogens is 2. The molecule has 0 saturated heterocycles. The van der Waals surface area contributed by atoms with Crippen LogP contribution in [0.4, 0.5) is 10.1 Å². The number of rotatable bonds is 7. The first-order valence-electron chi connectivity index (χ1n) is 7.31. The second-order valence-electron chi connectivity index (χ2n) is 5.06. The summed E-state index contributed by atoms with van der Waals surface area (Å²) in [6.07, 6.45) is 0.296. The quantitative estimate of drug-likeness (QED) is 0.444. The van der Waals surface area contributed by atoms with Gasteiger partial charge < -0.3 is 19.9 Å². The van der Waals surface area contributed by atoms with Gasteiger partial charge in [0.1, 0.15) is 12.8 Å². The summed E-state index contributed by atoms with van der Waals surface area (Å²) < 4.78 is 24.2. The van der Waals surface area contributed by atoms with E-state index < -0.39 is 18.0 Å². The third kappa shape index (κ3) is 4.95. The van der Waals surface area contributed by atoms with Crippen molar-refractivity contribution in [3.05, 3.63) is 71.0 Å². The fourth-order valence-corrected chi connectivity index (χ4v) is 2.20. The van der Waals surface area contributed by atoms with E-state index in [2.05, 4.69) is 16.6 Å². The van der Waals surface area contributed by atoms with E-state index in [4.69, 9.17) is 16.3 Å². The minimum atomic E-state index is -0.981. The second kappa shape index (κ2) is 8.50. The van der Waals surface area contributed by atoms with Gasteiger partial charge in [-0.15, -0.1) is 0 Å². The van der Waals surface area contributed by atoms with Gasteiger partial charge in [0.05, 0.1) is 12.7 Å². The van der Waals surface area contributed by atoms with Crippen LogP contribution in [0.2, 0.25) is 5.02 Å². The fourth-order valence-electron chi connectivity index (χ4n) is 2.02. The Morgan fingerprint density at radius 2 is 2.16 bits per heavy atom. The molecule has 0 amide bonds. The van der Waals surface area contributed by atoms with Gasteiger partial charge in [-0.1, -0.05) is 18.2 Å². The molecule has 7 heteroatoms. The zero-order chi connectivity index (χ0) is 18.4. The van der Waals surface area contributed by atoms with E-state index in [0.717, 1.165) is 0 Å². The topological polar surface area (TPSA) is 67.8 Å². The smallest absolute Gasteiger partial charge is 0.337 e. The maximum Gasteiger partial charge on any atom is 0.337 e. The summed E-state index contributed by atoms with van der Waals surface area (Å²) in [5, 5.41) is 12.4. The number of hydrogen-bond donors (Lipinski definition) is 2. The van der Waals surface area contributed by atoms with Crippen LogP contribution in [0.15, 0.2) is 49.1 Å². The normalized spacial score (nSPS) is 11.5. The standard InChI is InChI=1S/C18H17ClFNO4/c1-3-17(22)21-13-5-7-16(15(20)9-13)25-10-12-8-11(18(23)24-2)4-6-14(12)19/h3-9,17,21-22H,1,10H2,2H3. The fraction of sp³-hybridized carbons (Fsp3) is 0.167. The third-order valence-corrected chi connectivity index (χ3v) is 3.69. The number of methoxy groups -OCH3 is 1.